The van der Waals surface area contributed by atoms with Gasteiger partial charge in [-0.1, -0.05) is 25.0 Å². The van der Waals surface area contributed by atoms with E-state index in [0.29, 0.717) is 36.9 Å². The van der Waals surface area contributed by atoms with Crippen molar-refractivity contribution in [1.82, 2.24) is 14.9 Å². The lowest BCUT2D eigenvalue weighted by atomic mass is 10.0. The van der Waals surface area contributed by atoms with E-state index in [9.17, 15) is 9.59 Å². The highest BCUT2D eigenvalue weighted by Crippen LogP contribution is 2.37. The maximum atomic E-state index is 13.1. The molecule has 2 amide bonds. The smallest absolute Gasteiger partial charge is 0.233 e. The van der Waals surface area contributed by atoms with Crippen molar-refractivity contribution >= 4 is 17.6 Å². The fraction of sp³-hybridized carbons (Fsp3) is 0.538. The summed E-state index contributed by atoms with van der Waals surface area (Å²) in [5.41, 5.74) is 2.72. The van der Waals surface area contributed by atoms with Crippen LogP contribution in [0, 0.1) is 12.8 Å². The van der Waals surface area contributed by atoms with Crippen molar-refractivity contribution in [1.29, 1.82) is 0 Å². The number of benzene rings is 1. The first-order valence-electron chi connectivity index (χ1n) is 12.1. The van der Waals surface area contributed by atoms with Gasteiger partial charge in [-0.3, -0.25) is 14.5 Å². The number of nitrogens with zero attached hydrogens (tertiary/aromatic N) is 4. The third-order valence-corrected chi connectivity index (χ3v) is 7.38. The summed E-state index contributed by atoms with van der Waals surface area (Å²) >= 11 is 0. The van der Waals surface area contributed by atoms with E-state index in [1.165, 1.54) is 25.7 Å². The maximum Gasteiger partial charge on any atom is 0.233 e. The van der Waals surface area contributed by atoms with E-state index in [-0.39, 0.29) is 17.9 Å². The number of amides is 2. The second-order valence-corrected chi connectivity index (χ2v) is 9.58. The number of aromatic nitrogens is 2. The molecule has 174 valence electrons. The lowest BCUT2D eigenvalue weighted by molar-refractivity contribution is -0.133. The minimum Gasteiger partial charge on any atom is -0.497 e. The number of fused-ring (bicyclic) bond motifs is 1. The van der Waals surface area contributed by atoms with Gasteiger partial charge in [0.05, 0.1) is 26.1 Å². The highest BCUT2D eigenvalue weighted by molar-refractivity contribution is 6.00. The summed E-state index contributed by atoms with van der Waals surface area (Å²) in [6.07, 6.45) is 7.62. The Morgan fingerprint density at radius 1 is 1.15 bits per heavy atom. The predicted octanol–water partition coefficient (Wildman–Crippen LogP) is 4.13. The molecular weight excluding hydrogens is 416 g/mol. The van der Waals surface area contributed by atoms with Gasteiger partial charge in [0.15, 0.2) is 5.82 Å². The Balaban J connectivity index is 1.40. The van der Waals surface area contributed by atoms with E-state index in [0.717, 1.165) is 42.0 Å². The highest BCUT2D eigenvalue weighted by Gasteiger charge is 2.37. The van der Waals surface area contributed by atoms with Gasteiger partial charge in [0.2, 0.25) is 11.8 Å². The Morgan fingerprint density at radius 2 is 1.97 bits per heavy atom. The van der Waals surface area contributed by atoms with Crippen LogP contribution in [0.1, 0.15) is 73.6 Å². The van der Waals surface area contributed by atoms with E-state index in [1.54, 1.807) is 12.0 Å². The van der Waals surface area contributed by atoms with E-state index < -0.39 is 0 Å². The molecule has 7 heteroatoms. The zero-order chi connectivity index (χ0) is 22.9. The van der Waals surface area contributed by atoms with Crippen molar-refractivity contribution in [3.63, 3.8) is 0 Å². The zero-order valence-electron chi connectivity index (χ0n) is 19.5. The molecule has 1 aliphatic carbocycles. The third-order valence-electron chi connectivity index (χ3n) is 7.38. The molecule has 0 spiro atoms. The van der Waals surface area contributed by atoms with E-state index in [4.69, 9.17) is 14.7 Å². The SMILES string of the molecule is COc1cccc(CN2C(=O)Cc3c(C)nc([C@H]4CCCN4C(=O)CC4CCCC4)nc32)c1. The average molecular weight is 449 g/mol. The van der Waals surface area contributed by atoms with Crippen LogP contribution in [0.3, 0.4) is 0 Å². The Kier molecular flexibility index (Phi) is 6.04. The molecule has 1 aromatic heterocycles. The van der Waals surface area contributed by atoms with Crippen LogP contribution in [-0.2, 0) is 22.6 Å². The van der Waals surface area contributed by atoms with Crippen molar-refractivity contribution < 1.29 is 14.3 Å². The molecule has 0 radical (unpaired) electrons. The fourth-order valence-electron chi connectivity index (χ4n) is 5.57. The lowest BCUT2D eigenvalue weighted by Gasteiger charge is -2.26. The second kappa shape index (κ2) is 9.12. The molecule has 3 aliphatic rings. The molecule has 2 aliphatic heterocycles. The average Bonchev–Trinajstić information content (AvgIpc) is 3.56. The van der Waals surface area contributed by atoms with Gasteiger partial charge in [0.25, 0.3) is 0 Å². The Hall–Kier alpha value is -2.96. The molecule has 3 heterocycles. The van der Waals surface area contributed by atoms with E-state index in [2.05, 4.69) is 0 Å². The Labute approximate surface area is 195 Å². The highest BCUT2D eigenvalue weighted by atomic mass is 16.5. The molecule has 1 aromatic carbocycles. The Bertz CT molecular complexity index is 1060. The maximum absolute atomic E-state index is 13.1. The summed E-state index contributed by atoms with van der Waals surface area (Å²) in [5, 5.41) is 0. The number of likely N-dealkylation sites (tertiary alicyclic amines) is 1. The molecule has 2 fully saturated rings. The predicted molar refractivity (Wildman–Crippen MR) is 125 cm³/mol. The van der Waals surface area contributed by atoms with Gasteiger partial charge in [-0.15, -0.1) is 0 Å². The lowest BCUT2D eigenvalue weighted by Crippen LogP contribution is -2.33. The van der Waals surface area contributed by atoms with Crippen LogP contribution < -0.4 is 9.64 Å². The molecule has 2 aromatic rings. The molecule has 5 rings (SSSR count). The van der Waals surface area contributed by atoms with Gasteiger partial charge in [-0.25, -0.2) is 9.97 Å². The van der Waals surface area contributed by atoms with Crippen LogP contribution in [0.25, 0.3) is 0 Å². The first-order valence-corrected chi connectivity index (χ1v) is 12.1. The van der Waals surface area contributed by atoms with Crippen LogP contribution in [0.2, 0.25) is 0 Å². The largest absolute Gasteiger partial charge is 0.497 e. The number of anilines is 1. The number of rotatable bonds is 6. The van der Waals surface area contributed by atoms with Crippen LogP contribution in [0.5, 0.6) is 5.75 Å². The minimum atomic E-state index is -0.0997. The summed E-state index contributed by atoms with van der Waals surface area (Å²) in [6, 6.07) is 7.66. The molecule has 1 saturated carbocycles. The molecule has 1 atom stereocenters. The molecule has 7 nitrogen and oxygen atoms in total. The van der Waals surface area contributed by atoms with Crippen LogP contribution in [-0.4, -0.2) is 40.3 Å². The van der Waals surface area contributed by atoms with Crippen molar-refractivity contribution in [2.75, 3.05) is 18.6 Å². The first-order chi connectivity index (χ1) is 16.0. The molecule has 0 bridgehead atoms. The summed E-state index contributed by atoms with van der Waals surface area (Å²) in [6.45, 7) is 3.15. The molecular formula is C26H32N4O3. The van der Waals surface area contributed by atoms with E-state index >= 15 is 0 Å². The number of aryl methyl sites for hydroxylation is 1. The monoisotopic (exact) mass is 448 g/mol. The quantitative estimate of drug-likeness (QED) is 0.664. The number of carbonyl (C=O) groups is 2. The van der Waals surface area contributed by atoms with Crippen molar-refractivity contribution in [2.24, 2.45) is 5.92 Å². The van der Waals surface area contributed by atoms with Crippen molar-refractivity contribution in [2.45, 2.75) is 70.9 Å². The second-order valence-electron chi connectivity index (χ2n) is 9.58. The van der Waals surface area contributed by atoms with E-state index in [1.807, 2.05) is 36.1 Å². The van der Waals surface area contributed by atoms with Gasteiger partial charge in [0.1, 0.15) is 11.6 Å². The van der Waals surface area contributed by atoms with Gasteiger partial charge in [-0.2, -0.15) is 0 Å². The first kappa shape index (κ1) is 21.9. The normalized spacial score (nSPS) is 20.5. The zero-order valence-corrected chi connectivity index (χ0v) is 19.5. The van der Waals surface area contributed by atoms with Gasteiger partial charge in [0, 0.05) is 24.2 Å². The molecule has 0 unspecified atom stereocenters. The summed E-state index contributed by atoms with van der Waals surface area (Å²) in [4.78, 5) is 39.5. The van der Waals surface area contributed by atoms with Crippen molar-refractivity contribution in [3.8, 4) is 5.75 Å². The van der Waals surface area contributed by atoms with Crippen molar-refractivity contribution in [3.05, 3.63) is 46.9 Å². The number of ether oxygens (including phenoxy) is 1. The van der Waals surface area contributed by atoms with Gasteiger partial charge in [-0.05, 0) is 56.2 Å². The standard InChI is InChI=1S/C26H32N4O3/c1-17-21-15-24(32)30(16-19-9-5-10-20(13-19)33-2)26(21)28-25(27-17)22-11-6-12-29(22)23(31)14-18-7-3-4-8-18/h5,9-10,13,18,22H,3-4,6-8,11-12,14-16H2,1-2H3/t22-/m1/s1. The Morgan fingerprint density at radius 3 is 2.76 bits per heavy atom. The summed E-state index contributed by atoms with van der Waals surface area (Å²) < 4.78 is 5.34. The minimum absolute atomic E-state index is 0.0305. The van der Waals surface area contributed by atoms with Gasteiger partial charge >= 0.3 is 0 Å². The fourth-order valence-corrected chi connectivity index (χ4v) is 5.57. The number of hydrogen-bond donors (Lipinski definition) is 0. The molecule has 0 N–H and O–H groups in total. The third kappa shape index (κ3) is 4.33. The topological polar surface area (TPSA) is 75.6 Å². The van der Waals surface area contributed by atoms with Crippen LogP contribution >= 0.6 is 0 Å². The summed E-state index contributed by atoms with van der Waals surface area (Å²) in [7, 11) is 1.64. The van der Waals surface area contributed by atoms with Gasteiger partial charge < -0.3 is 9.64 Å². The summed E-state index contributed by atoms with van der Waals surface area (Å²) in [5.74, 6) is 2.92. The van der Waals surface area contributed by atoms with Crippen LogP contribution in [0.4, 0.5) is 5.82 Å². The number of carbonyl (C=O) groups excluding carboxylic acids is 2. The van der Waals surface area contributed by atoms with Crippen LogP contribution in [0.15, 0.2) is 24.3 Å². The molecule has 33 heavy (non-hydrogen) atoms. The number of hydrogen-bond acceptors (Lipinski definition) is 5. The number of methoxy groups -OCH3 is 1. The molecule has 1 saturated heterocycles.